The van der Waals surface area contributed by atoms with Gasteiger partial charge in [-0.1, -0.05) is 13.8 Å². The van der Waals surface area contributed by atoms with Gasteiger partial charge in [-0.25, -0.2) is 23.1 Å². The van der Waals surface area contributed by atoms with Crippen LogP contribution in [0, 0.1) is 5.92 Å². The maximum absolute atomic E-state index is 12.2. The topological polar surface area (TPSA) is 93.2 Å². The number of hydrogen-bond acceptors (Lipinski definition) is 6. The molecule has 1 aromatic rings. The third kappa shape index (κ3) is 4.69. The molecular formula is C12H22N4O3S. The zero-order chi connectivity index (χ0) is 15.2. The second-order valence-corrected chi connectivity index (χ2v) is 6.41. The monoisotopic (exact) mass is 302 g/mol. The minimum atomic E-state index is -3.64. The first-order chi connectivity index (χ1) is 9.40. The van der Waals surface area contributed by atoms with E-state index in [1.54, 1.807) is 0 Å². The fourth-order valence-electron chi connectivity index (χ4n) is 1.51. The van der Waals surface area contributed by atoms with Crippen LogP contribution < -0.4 is 10.0 Å². The molecule has 0 aliphatic heterocycles. The fourth-order valence-corrected chi connectivity index (χ4v) is 2.77. The van der Waals surface area contributed by atoms with Gasteiger partial charge in [0.05, 0.1) is 19.0 Å². The molecule has 7 nitrogen and oxygen atoms in total. The highest BCUT2D eigenvalue weighted by molar-refractivity contribution is 7.89. The molecule has 0 fully saturated rings. The molecule has 0 spiro atoms. The standard InChI is InChI=1S/C12H22N4O3S/c1-5-13-12-14-6-10(7-15-12)20(17,18)16-11(8-19-4)9(2)3/h6-7,9,11,16H,5,8H2,1-4H3,(H,13,14,15). The number of rotatable bonds is 8. The van der Waals surface area contributed by atoms with Crippen LogP contribution >= 0.6 is 0 Å². The lowest BCUT2D eigenvalue weighted by atomic mass is 10.1. The van der Waals surface area contributed by atoms with Crippen molar-refractivity contribution in [2.75, 3.05) is 25.6 Å². The Labute approximate surface area is 120 Å². The van der Waals surface area contributed by atoms with Crippen LogP contribution in [0.3, 0.4) is 0 Å². The van der Waals surface area contributed by atoms with Crippen molar-refractivity contribution in [2.24, 2.45) is 5.92 Å². The lowest BCUT2D eigenvalue weighted by Crippen LogP contribution is -2.41. The molecule has 114 valence electrons. The predicted octanol–water partition coefficient (Wildman–Crippen LogP) is 0.858. The molecule has 0 aliphatic rings. The molecule has 0 radical (unpaired) electrons. The lowest BCUT2D eigenvalue weighted by Gasteiger charge is -2.21. The number of sulfonamides is 1. The molecule has 1 unspecified atom stereocenters. The minimum Gasteiger partial charge on any atom is -0.383 e. The van der Waals surface area contributed by atoms with Crippen LogP contribution in [0.2, 0.25) is 0 Å². The summed E-state index contributed by atoms with van der Waals surface area (Å²) in [5.41, 5.74) is 0. The molecule has 0 amide bonds. The first-order valence-electron chi connectivity index (χ1n) is 6.48. The van der Waals surface area contributed by atoms with Crippen molar-refractivity contribution in [3.05, 3.63) is 12.4 Å². The summed E-state index contributed by atoms with van der Waals surface area (Å²) in [7, 11) is -2.10. The van der Waals surface area contributed by atoms with Crippen LogP contribution in [0.5, 0.6) is 0 Å². The smallest absolute Gasteiger partial charge is 0.243 e. The van der Waals surface area contributed by atoms with Gasteiger partial charge in [-0.3, -0.25) is 0 Å². The van der Waals surface area contributed by atoms with Crippen LogP contribution in [0.4, 0.5) is 5.95 Å². The van der Waals surface area contributed by atoms with E-state index in [0.29, 0.717) is 19.1 Å². The third-order valence-electron chi connectivity index (χ3n) is 2.73. The number of methoxy groups -OCH3 is 1. The Morgan fingerprint density at radius 2 is 1.90 bits per heavy atom. The van der Waals surface area contributed by atoms with Gasteiger partial charge in [0.1, 0.15) is 4.90 Å². The van der Waals surface area contributed by atoms with E-state index in [1.165, 1.54) is 19.5 Å². The quantitative estimate of drug-likeness (QED) is 0.740. The van der Waals surface area contributed by atoms with E-state index >= 15 is 0 Å². The second-order valence-electron chi connectivity index (χ2n) is 4.70. The van der Waals surface area contributed by atoms with Crippen molar-refractivity contribution in [3.63, 3.8) is 0 Å². The summed E-state index contributed by atoms with van der Waals surface area (Å²) < 4.78 is 32.1. The minimum absolute atomic E-state index is 0.0425. The number of anilines is 1. The van der Waals surface area contributed by atoms with Crippen molar-refractivity contribution in [2.45, 2.75) is 31.7 Å². The Balaban J connectivity index is 2.86. The molecule has 2 N–H and O–H groups in total. The van der Waals surface area contributed by atoms with Gasteiger partial charge in [0.25, 0.3) is 0 Å². The van der Waals surface area contributed by atoms with E-state index in [2.05, 4.69) is 20.0 Å². The van der Waals surface area contributed by atoms with E-state index in [9.17, 15) is 8.42 Å². The van der Waals surface area contributed by atoms with Crippen molar-refractivity contribution >= 4 is 16.0 Å². The van der Waals surface area contributed by atoms with Gasteiger partial charge in [0.2, 0.25) is 16.0 Å². The van der Waals surface area contributed by atoms with E-state index in [-0.39, 0.29) is 16.9 Å². The van der Waals surface area contributed by atoms with Crippen LogP contribution in [0.15, 0.2) is 17.3 Å². The number of nitrogens with one attached hydrogen (secondary N) is 2. The van der Waals surface area contributed by atoms with E-state index < -0.39 is 10.0 Å². The Bertz CT molecular complexity index is 502. The summed E-state index contributed by atoms with van der Waals surface area (Å²) in [6, 6.07) is -0.293. The van der Waals surface area contributed by atoms with Crippen molar-refractivity contribution in [1.29, 1.82) is 0 Å². The number of aromatic nitrogens is 2. The Morgan fingerprint density at radius 3 is 2.35 bits per heavy atom. The summed E-state index contributed by atoms with van der Waals surface area (Å²) in [6.07, 6.45) is 2.58. The average molecular weight is 302 g/mol. The van der Waals surface area contributed by atoms with Crippen molar-refractivity contribution in [3.8, 4) is 0 Å². The number of hydrogen-bond donors (Lipinski definition) is 2. The molecule has 1 rings (SSSR count). The first-order valence-corrected chi connectivity index (χ1v) is 7.96. The molecular weight excluding hydrogens is 280 g/mol. The van der Waals surface area contributed by atoms with Gasteiger partial charge in [0.15, 0.2) is 0 Å². The lowest BCUT2D eigenvalue weighted by molar-refractivity contribution is 0.157. The van der Waals surface area contributed by atoms with Gasteiger partial charge in [0, 0.05) is 19.7 Å². The number of ether oxygens (including phenoxy) is 1. The van der Waals surface area contributed by atoms with Gasteiger partial charge in [-0.15, -0.1) is 0 Å². The molecule has 0 saturated carbocycles. The molecule has 20 heavy (non-hydrogen) atoms. The Hall–Kier alpha value is -1.25. The van der Waals surface area contributed by atoms with Crippen molar-refractivity contribution < 1.29 is 13.2 Å². The van der Waals surface area contributed by atoms with Crippen molar-refractivity contribution in [1.82, 2.24) is 14.7 Å². The molecule has 0 saturated heterocycles. The van der Waals surface area contributed by atoms with Gasteiger partial charge >= 0.3 is 0 Å². The first kappa shape index (κ1) is 16.8. The molecule has 0 aromatic carbocycles. The second kappa shape index (κ2) is 7.51. The SMILES string of the molecule is CCNc1ncc(S(=O)(=O)NC(COC)C(C)C)cn1. The summed E-state index contributed by atoms with van der Waals surface area (Å²) in [5.74, 6) is 0.524. The molecule has 1 heterocycles. The number of nitrogens with zero attached hydrogens (tertiary/aromatic N) is 2. The van der Waals surface area contributed by atoms with Crippen LogP contribution in [0.25, 0.3) is 0 Å². The Morgan fingerprint density at radius 1 is 1.30 bits per heavy atom. The van der Waals surface area contributed by atoms with Gasteiger partial charge in [-0.2, -0.15) is 0 Å². The van der Waals surface area contributed by atoms with E-state index in [0.717, 1.165) is 0 Å². The fraction of sp³-hybridized carbons (Fsp3) is 0.667. The maximum Gasteiger partial charge on any atom is 0.243 e. The summed E-state index contributed by atoms with van der Waals surface area (Å²) in [6.45, 7) is 6.75. The van der Waals surface area contributed by atoms with Gasteiger partial charge < -0.3 is 10.1 Å². The van der Waals surface area contributed by atoms with Crippen LogP contribution in [-0.2, 0) is 14.8 Å². The molecule has 0 bridgehead atoms. The van der Waals surface area contributed by atoms with E-state index in [1.807, 2.05) is 20.8 Å². The van der Waals surface area contributed by atoms with E-state index in [4.69, 9.17) is 4.74 Å². The largest absolute Gasteiger partial charge is 0.383 e. The average Bonchev–Trinajstić information content (AvgIpc) is 2.39. The zero-order valence-corrected chi connectivity index (χ0v) is 13.1. The molecule has 8 heteroatoms. The Kier molecular flexibility index (Phi) is 6.31. The molecule has 0 aliphatic carbocycles. The van der Waals surface area contributed by atoms with Crippen LogP contribution in [0.1, 0.15) is 20.8 Å². The molecule has 1 aromatic heterocycles. The molecule has 1 atom stereocenters. The normalized spacial score (nSPS) is 13.4. The highest BCUT2D eigenvalue weighted by Crippen LogP contribution is 2.11. The maximum atomic E-state index is 12.2. The zero-order valence-electron chi connectivity index (χ0n) is 12.3. The highest BCUT2D eigenvalue weighted by Gasteiger charge is 2.23. The predicted molar refractivity (Wildman–Crippen MR) is 77.0 cm³/mol. The summed E-state index contributed by atoms with van der Waals surface area (Å²) in [5, 5.41) is 2.91. The van der Waals surface area contributed by atoms with Gasteiger partial charge in [-0.05, 0) is 12.8 Å². The van der Waals surface area contributed by atoms with Crippen LogP contribution in [-0.4, -0.2) is 44.7 Å². The third-order valence-corrected chi connectivity index (χ3v) is 4.18. The highest BCUT2D eigenvalue weighted by atomic mass is 32.2. The summed E-state index contributed by atoms with van der Waals surface area (Å²) >= 11 is 0. The summed E-state index contributed by atoms with van der Waals surface area (Å²) in [4.78, 5) is 7.96.